The van der Waals surface area contributed by atoms with Crippen molar-refractivity contribution in [1.29, 1.82) is 0 Å². The average Bonchev–Trinajstić information content (AvgIpc) is 2.32. The maximum atomic E-state index is 12.6. The van der Waals surface area contributed by atoms with E-state index in [1.807, 2.05) is 0 Å². The number of piperidine rings is 1. The average molecular weight is 258 g/mol. The largest absolute Gasteiger partial charge is 0.416 e. The normalized spacial score (nSPS) is 21.2. The molecule has 1 aromatic rings. The van der Waals surface area contributed by atoms with Gasteiger partial charge in [0.05, 0.1) is 11.6 Å². The highest BCUT2D eigenvalue weighted by atomic mass is 19.4. The number of anilines is 1. The molecular formula is C12H13F3N2O. The number of nitrogens with two attached hydrogens (primary N) is 1. The van der Waals surface area contributed by atoms with Gasteiger partial charge in [-0.15, -0.1) is 0 Å². The Hall–Kier alpha value is -1.56. The van der Waals surface area contributed by atoms with Gasteiger partial charge in [0.15, 0.2) is 0 Å². The Bertz CT molecular complexity index is 459. The van der Waals surface area contributed by atoms with Crippen LogP contribution in [0, 0.1) is 0 Å². The molecule has 2 N–H and O–H groups in total. The lowest BCUT2D eigenvalue weighted by atomic mass is 10.0. The lowest BCUT2D eigenvalue weighted by molar-refractivity contribution is -0.137. The number of hydrogen-bond acceptors (Lipinski definition) is 2. The molecule has 0 spiro atoms. The van der Waals surface area contributed by atoms with Crippen LogP contribution in [-0.2, 0) is 11.0 Å². The number of rotatable bonds is 1. The Morgan fingerprint density at radius 1 is 1.33 bits per heavy atom. The van der Waals surface area contributed by atoms with Crippen molar-refractivity contribution >= 4 is 11.6 Å². The second-order valence-electron chi connectivity index (χ2n) is 4.29. The molecule has 0 radical (unpaired) electrons. The fourth-order valence-corrected chi connectivity index (χ4v) is 2.01. The van der Waals surface area contributed by atoms with Crippen LogP contribution in [0.4, 0.5) is 18.9 Å². The molecule has 1 fully saturated rings. The van der Waals surface area contributed by atoms with Gasteiger partial charge in [0.25, 0.3) is 0 Å². The van der Waals surface area contributed by atoms with E-state index in [-0.39, 0.29) is 11.6 Å². The first-order valence-corrected chi connectivity index (χ1v) is 5.64. The molecule has 0 saturated carbocycles. The molecule has 98 valence electrons. The van der Waals surface area contributed by atoms with Crippen molar-refractivity contribution < 1.29 is 18.0 Å². The Labute approximate surface area is 102 Å². The first-order chi connectivity index (χ1) is 8.39. The van der Waals surface area contributed by atoms with Crippen molar-refractivity contribution in [2.45, 2.75) is 25.1 Å². The first kappa shape index (κ1) is 12.9. The summed E-state index contributed by atoms with van der Waals surface area (Å²) in [5.41, 5.74) is 5.11. The van der Waals surface area contributed by atoms with Crippen molar-refractivity contribution in [2.24, 2.45) is 5.73 Å². The zero-order valence-electron chi connectivity index (χ0n) is 9.57. The van der Waals surface area contributed by atoms with Crippen LogP contribution < -0.4 is 10.6 Å². The lowest BCUT2D eigenvalue weighted by Crippen LogP contribution is -2.48. The van der Waals surface area contributed by atoms with Gasteiger partial charge >= 0.3 is 6.18 Å². The van der Waals surface area contributed by atoms with Gasteiger partial charge in [-0.1, -0.05) is 6.07 Å². The third kappa shape index (κ3) is 2.48. The van der Waals surface area contributed by atoms with E-state index in [0.717, 1.165) is 12.1 Å². The minimum absolute atomic E-state index is 0.255. The van der Waals surface area contributed by atoms with Crippen LogP contribution in [-0.4, -0.2) is 18.5 Å². The molecule has 2 rings (SSSR count). The highest BCUT2D eigenvalue weighted by molar-refractivity contribution is 5.97. The van der Waals surface area contributed by atoms with Crippen molar-refractivity contribution in [3.63, 3.8) is 0 Å². The number of halogens is 3. The van der Waals surface area contributed by atoms with Crippen molar-refractivity contribution in [1.82, 2.24) is 0 Å². The number of hydrogen-bond donors (Lipinski definition) is 1. The summed E-state index contributed by atoms with van der Waals surface area (Å²) in [5, 5.41) is 0. The van der Waals surface area contributed by atoms with Gasteiger partial charge in [-0.3, -0.25) is 4.79 Å². The van der Waals surface area contributed by atoms with E-state index in [9.17, 15) is 18.0 Å². The van der Waals surface area contributed by atoms with E-state index >= 15 is 0 Å². The maximum absolute atomic E-state index is 12.6. The molecule has 3 nitrogen and oxygen atoms in total. The topological polar surface area (TPSA) is 46.3 Å². The molecule has 1 atom stereocenters. The fraction of sp³-hybridized carbons (Fsp3) is 0.417. The zero-order valence-corrected chi connectivity index (χ0v) is 9.57. The SMILES string of the molecule is NC1CCCN(c2cccc(C(F)(F)F)c2)C1=O. The Morgan fingerprint density at radius 2 is 2.06 bits per heavy atom. The molecule has 1 aromatic carbocycles. The number of alkyl halides is 3. The van der Waals surface area contributed by atoms with Crippen LogP contribution in [0.25, 0.3) is 0 Å². The van der Waals surface area contributed by atoms with Crippen LogP contribution >= 0.6 is 0 Å². The smallest absolute Gasteiger partial charge is 0.320 e. The molecule has 1 saturated heterocycles. The van der Waals surface area contributed by atoms with E-state index in [2.05, 4.69) is 0 Å². The predicted molar refractivity (Wildman–Crippen MR) is 61.0 cm³/mol. The third-order valence-corrected chi connectivity index (χ3v) is 2.97. The summed E-state index contributed by atoms with van der Waals surface area (Å²) in [6, 6.07) is 4.14. The van der Waals surface area contributed by atoms with E-state index < -0.39 is 17.8 Å². The summed E-state index contributed by atoms with van der Waals surface area (Å²) >= 11 is 0. The summed E-state index contributed by atoms with van der Waals surface area (Å²) in [6.07, 6.45) is -3.13. The molecular weight excluding hydrogens is 245 g/mol. The first-order valence-electron chi connectivity index (χ1n) is 5.64. The number of carbonyl (C=O) groups is 1. The molecule has 1 heterocycles. The summed E-state index contributed by atoms with van der Waals surface area (Å²) in [4.78, 5) is 13.1. The Morgan fingerprint density at radius 3 is 2.72 bits per heavy atom. The quantitative estimate of drug-likeness (QED) is 0.839. The summed E-state index contributed by atoms with van der Waals surface area (Å²) in [6.45, 7) is 0.411. The molecule has 0 bridgehead atoms. The molecule has 1 aliphatic rings. The molecule has 0 aromatic heterocycles. The molecule has 1 aliphatic heterocycles. The van der Waals surface area contributed by atoms with Gasteiger partial charge in [0.2, 0.25) is 5.91 Å². The van der Waals surface area contributed by atoms with Crippen LogP contribution in [0.1, 0.15) is 18.4 Å². The predicted octanol–water partition coefficient (Wildman–Crippen LogP) is 2.16. The number of nitrogens with zero attached hydrogens (tertiary/aromatic N) is 1. The maximum Gasteiger partial charge on any atom is 0.416 e. The van der Waals surface area contributed by atoms with Gasteiger partial charge in [0, 0.05) is 12.2 Å². The van der Waals surface area contributed by atoms with Gasteiger partial charge < -0.3 is 10.6 Å². The third-order valence-electron chi connectivity index (χ3n) is 2.97. The Balaban J connectivity index is 2.31. The lowest BCUT2D eigenvalue weighted by Gasteiger charge is -2.30. The van der Waals surface area contributed by atoms with Crippen LogP contribution in [0.15, 0.2) is 24.3 Å². The van der Waals surface area contributed by atoms with E-state index in [1.54, 1.807) is 0 Å². The fourth-order valence-electron chi connectivity index (χ4n) is 2.01. The second-order valence-corrected chi connectivity index (χ2v) is 4.29. The molecule has 0 aliphatic carbocycles. The van der Waals surface area contributed by atoms with Crippen molar-refractivity contribution in [3.05, 3.63) is 29.8 Å². The van der Waals surface area contributed by atoms with Crippen LogP contribution in [0.3, 0.4) is 0 Å². The highest BCUT2D eigenvalue weighted by Gasteiger charge is 2.32. The van der Waals surface area contributed by atoms with Gasteiger partial charge in [-0.05, 0) is 31.0 Å². The van der Waals surface area contributed by atoms with E-state index in [1.165, 1.54) is 17.0 Å². The van der Waals surface area contributed by atoms with Gasteiger partial charge in [-0.25, -0.2) is 0 Å². The summed E-state index contributed by atoms with van der Waals surface area (Å²) in [5.74, 6) is -0.319. The van der Waals surface area contributed by atoms with Crippen molar-refractivity contribution in [3.8, 4) is 0 Å². The molecule has 1 unspecified atom stereocenters. The highest BCUT2D eigenvalue weighted by Crippen LogP contribution is 2.32. The number of benzene rings is 1. The summed E-state index contributed by atoms with van der Waals surface area (Å²) < 4.78 is 37.7. The second kappa shape index (κ2) is 4.61. The monoisotopic (exact) mass is 258 g/mol. The molecule has 6 heteroatoms. The number of amides is 1. The summed E-state index contributed by atoms with van der Waals surface area (Å²) in [7, 11) is 0. The van der Waals surface area contributed by atoms with E-state index in [0.29, 0.717) is 19.4 Å². The molecule has 18 heavy (non-hydrogen) atoms. The number of carbonyl (C=O) groups excluding carboxylic acids is 1. The zero-order chi connectivity index (χ0) is 13.3. The van der Waals surface area contributed by atoms with Gasteiger partial charge in [0.1, 0.15) is 0 Å². The van der Waals surface area contributed by atoms with E-state index in [4.69, 9.17) is 5.73 Å². The van der Waals surface area contributed by atoms with Gasteiger partial charge in [-0.2, -0.15) is 13.2 Å². The molecule has 1 amide bonds. The van der Waals surface area contributed by atoms with Crippen LogP contribution in [0.5, 0.6) is 0 Å². The standard InChI is InChI=1S/C12H13F3N2O/c13-12(14,15)8-3-1-4-9(7-8)17-6-2-5-10(16)11(17)18/h1,3-4,7,10H,2,5-6,16H2. The minimum atomic E-state index is -4.41. The Kier molecular flexibility index (Phi) is 3.30. The van der Waals surface area contributed by atoms with Crippen LogP contribution in [0.2, 0.25) is 0 Å². The van der Waals surface area contributed by atoms with Crippen molar-refractivity contribution in [2.75, 3.05) is 11.4 Å². The minimum Gasteiger partial charge on any atom is -0.320 e.